The third-order valence-electron chi connectivity index (χ3n) is 2.39. The summed E-state index contributed by atoms with van der Waals surface area (Å²) in [5.41, 5.74) is 9.24. The number of nitrogens with two attached hydrogens (primary N) is 1. The van der Waals surface area contributed by atoms with Crippen LogP contribution in [0.15, 0.2) is 40.4 Å². The standard InChI is InChI=1S/C12H13BrN2S/c13-12-4-2-1-3-9(12)5-10(14)6-11-7-15-8-16-11/h1-4,7-8,10H,5-6,14H2. The highest BCUT2D eigenvalue weighted by Gasteiger charge is 2.08. The lowest BCUT2D eigenvalue weighted by Crippen LogP contribution is -2.25. The highest BCUT2D eigenvalue weighted by atomic mass is 79.9. The summed E-state index contributed by atoms with van der Waals surface area (Å²) in [5.74, 6) is 0. The van der Waals surface area contributed by atoms with Gasteiger partial charge in [0.25, 0.3) is 0 Å². The molecule has 2 rings (SSSR count). The highest BCUT2D eigenvalue weighted by Crippen LogP contribution is 2.18. The van der Waals surface area contributed by atoms with E-state index in [0.717, 1.165) is 17.3 Å². The first-order valence-electron chi connectivity index (χ1n) is 5.12. The van der Waals surface area contributed by atoms with Crippen LogP contribution in [0.1, 0.15) is 10.4 Å². The third-order valence-corrected chi connectivity index (χ3v) is 3.96. The van der Waals surface area contributed by atoms with Gasteiger partial charge < -0.3 is 5.73 Å². The van der Waals surface area contributed by atoms with Crippen molar-refractivity contribution in [1.29, 1.82) is 0 Å². The third kappa shape index (κ3) is 3.14. The largest absolute Gasteiger partial charge is 0.327 e. The zero-order valence-corrected chi connectivity index (χ0v) is 11.2. The van der Waals surface area contributed by atoms with Crippen molar-refractivity contribution >= 4 is 27.3 Å². The molecule has 0 aliphatic heterocycles. The highest BCUT2D eigenvalue weighted by molar-refractivity contribution is 9.10. The Bertz CT molecular complexity index is 442. The van der Waals surface area contributed by atoms with Crippen LogP contribution in [0.3, 0.4) is 0 Å². The van der Waals surface area contributed by atoms with Gasteiger partial charge in [0.05, 0.1) is 5.51 Å². The van der Waals surface area contributed by atoms with Crippen LogP contribution < -0.4 is 5.73 Å². The van der Waals surface area contributed by atoms with Crippen molar-refractivity contribution in [1.82, 2.24) is 4.98 Å². The minimum Gasteiger partial charge on any atom is -0.327 e. The molecule has 0 fully saturated rings. The van der Waals surface area contributed by atoms with Crippen LogP contribution in [-0.4, -0.2) is 11.0 Å². The SMILES string of the molecule is NC(Cc1cncs1)Cc1ccccc1Br. The number of benzene rings is 1. The molecule has 84 valence electrons. The molecule has 1 heterocycles. The molecule has 1 aromatic heterocycles. The molecule has 2 N–H and O–H groups in total. The average molecular weight is 297 g/mol. The maximum absolute atomic E-state index is 6.12. The van der Waals surface area contributed by atoms with Crippen molar-refractivity contribution < 1.29 is 0 Å². The van der Waals surface area contributed by atoms with E-state index in [1.54, 1.807) is 11.3 Å². The van der Waals surface area contributed by atoms with Gasteiger partial charge in [-0.1, -0.05) is 34.1 Å². The van der Waals surface area contributed by atoms with Crippen molar-refractivity contribution in [3.63, 3.8) is 0 Å². The Morgan fingerprint density at radius 2 is 2.12 bits per heavy atom. The number of nitrogens with zero attached hydrogens (tertiary/aromatic N) is 1. The van der Waals surface area contributed by atoms with Crippen LogP contribution in [0, 0.1) is 0 Å². The number of rotatable bonds is 4. The fourth-order valence-electron chi connectivity index (χ4n) is 1.62. The zero-order valence-electron chi connectivity index (χ0n) is 8.77. The second-order valence-electron chi connectivity index (χ2n) is 3.73. The van der Waals surface area contributed by atoms with Crippen LogP contribution in [0.4, 0.5) is 0 Å². The van der Waals surface area contributed by atoms with Crippen LogP contribution in [-0.2, 0) is 12.8 Å². The van der Waals surface area contributed by atoms with Crippen LogP contribution >= 0.6 is 27.3 Å². The summed E-state index contributed by atoms with van der Waals surface area (Å²) in [6.07, 6.45) is 3.68. The first-order chi connectivity index (χ1) is 7.75. The maximum Gasteiger partial charge on any atom is 0.0794 e. The molecule has 0 bridgehead atoms. The molecule has 1 unspecified atom stereocenters. The fraction of sp³-hybridized carbons (Fsp3) is 0.250. The average Bonchev–Trinajstić information content (AvgIpc) is 2.74. The molecule has 16 heavy (non-hydrogen) atoms. The van der Waals surface area contributed by atoms with E-state index in [1.165, 1.54) is 10.4 Å². The molecule has 4 heteroatoms. The van der Waals surface area contributed by atoms with Crippen LogP contribution in [0.2, 0.25) is 0 Å². The van der Waals surface area contributed by atoms with Crippen molar-refractivity contribution in [3.8, 4) is 0 Å². The molecule has 0 saturated carbocycles. The van der Waals surface area contributed by atoms with Gasteiger partial charge in [0.1, 0.15) is 0 Å². The summed E-state index contributed by atoms with van der Waals surface area (Å²) >= 11 is 5.20. The van der Waals surface area contributed by atoms with Gasteiger partial charge in [0.15, 0.2) is 0 Å². The summed E-state index contributed by atoms with van der Waals surface area (Å²) in [6, 6.07) is 8.37. The first kappa shape index (κ1) is 11.8. The molecule has 2 aromatic rings. The van der Waals surface area contributed by atoms with Gasteiger partial charge in [0, 0.05) is 21.6 Å². The zero-order chi connectivity index (χ0) is 11.4. The Morgan fingerprint density at radius 3 is 2.81 bits per heavy atom. The Morgan fingerprint density at radius 1 is 1.31 bits per heavy atom. The van der Waals surface area contributed by atoms with Gasteiger partial charge in [0.2, 0.25) is 0 Å². The number of aromatic nitrogens is 1. The van der Waals surface area contributed by atoms with E-state index in [1.807, 2.05) is 23.8 Å². The van der Waals surface area contributed by atoms with Gasteiger partial charge in [-0.05, 0) is 24.5 Å². The van der Waals surface area contributed by atoms with Gasteiger partial charge in [-0.2, -0.15) is 0 Å². The maximum atomic E-state index is 6.12. The van der Waals surface area contributed by atoms with Crippen molar-refractivity contribution in [2.75, 3.05) is 0 Å². The number of hydrogen-bond donors (Lipinski definition) is 1. The summed E-state index contributed by atoms with van der Waals surface area (Å²) < 4.78 is 1.13. The molecule has 2 nitrogen and oxygen atoms in total. The van der Waals surface area contributed by atoms with E-state index in [4.69, 9.17) is 5.73 Å². The second-order valence-corrected chi connectivity index (χ2v) is 5.55. The van der Waals surface area contributed by atoms with Crippen LogP contribution in [0.5, 0.6) is 0 Å². The second kappa shape index (κ2) is 5.57. The molecule has 1 aromatic carbocycles. The van der Waals surface area contributed by atoms with E-state index in [9.17, 15) is 0 Å². The molecular weight excluding hydrogens is 284 g/mol. The van der Waals surface area contributed by atoms with Gasteiger partial charge in [-0.3, -0.25) is 4.98 Å². The van der Waals surface area contributed by atoms with E-state index in [0.29, 0.717) is 0 Å². The molecule has 0 amide bonds. The van der Waals surface area contributed by atoms with Crippen molar-refractivity contribution in [2.45, 2.75) is 18.9 Å². The normalized spacial score (nSPS) is 12.6. The van der Waals surface area contributed by atoms with Gasteiger partial charge in [-0.15, -0.1) is 11.3 Å². The Kier molecular flexibility index (Phi) is 4.09. The van der Waals surface area contributed by atoms with Gasteiger partial charge >= 0.3 is 0 Å². The Balaban J connectivity index is 1.97. The van der Waals surface area contributed by atoms with E-state index in [2.05, 4.69) is 33.0 Å². The summed E-state index contributed by atoms with van der Waals surface area (Å²) in [7, 11) is 0. The van der Waals surface area contributed by atoms with Crippen molar-refractivity contribution in [3.05, 3.63) is 50.9 Å². The van der Waals surface area contributed by atoms with Crippen molar-refractivity contribution in [2.24, 2.45) is 5.73 Å². The lowest BCUT2D eigenvalue weighted by Gasteiger charge is -2.11. The Hall–Kier alpha value is -0.710. The molecule has 1 atom stereocenters. The quantitative estimate of drug-likeness (QED) is 0.942. The Labute approximate surface area is 108 Å². The van der Waals surface area contributed by atoms with E-state index < -0.39 is 0 Å². The van der Waals surface area contributed by atoms with Gasteiger partial charge in [-0.25, -0.2) is 0 Å². The smallest absolute Gasteiger partial charge is 0.0794 e. The lowest BCUT2D eigenvalue weighted by molar-refractivity contribution is 0.668. The monoisotopic (exact) mass is 296 g/mol. The summed E-state index contributed by atoms with van der Waals surface area (Å²) in [4.78, 5) is 5.30. The molecular formula is C12H13BrN2S. The molecule has 0 aliphatic rings. The molecule has 0 radical (unpaired) electrons. The first-order valence-corrected chi connectivity index (χ1v) is 6.79. The minimum absolute atomic E-state index is 0.152. The lowest BCUT2D eigenvalue weighted by atomic mass is 10.0. The fourth-order valence-corrected chi connectivity index (χ4v) is 2.76. The summed E-state index contributed by atoms with van der Waals surface area (Å²) in [6.45, 7) is 0. The topological polar surface area (TPSA) is 38.9 Å². The number of hydrogen-bond acceptors (Lipinski definition) is 3. The number of halogens is 1. The predicted molar refractivity (Wildman–Crippen MR) is 71.6 cm³/mol. The predicted octanol–water partition coefficient (Wildman–Crippen LogP) is 3.02. The molecule has 0 aliphatic carbocycles. The van der Waals surface area contributed by atoms with E-state index in [-0.39, 0.29) is 6.04 Å². The minimum atomic E-state index is 0.152. The molecule has 0 saturated heterocycles. The number of thiazole rings is 1. The van der Waals surface area contributed by atoms with E-state index >= 15 is 0 Å². The van der Waals surface area contributed by atoms with Crippen LogP contribution in [0.25, 0.3) is 0 Å². The summed E-state index contributed by atoms with van der Waals surface area (Å²) in [5, 5.41) is 0. The molecule has 0 spiro atoms.